The number of aliphatic carboxylic acids is 1. The molecule has 0 aliphatic carbocycles. The number of carbonyl (C=O) groups is 1. The van der Waals surface area contributed by atoms with E-state index in [1.165, 1.54) is 24.8 Å². The zero-order chi connectivity index (χ0) is 18.5. The zero-order valence-corrected chi connectivity index (χ0v) is 15.3. The fraction of sp³-hybridized carbons (Fsp3) is 0.409. The fourth-order valence-corrected chi connectivity index (χ4v) is 2.75. The molecule has 0 aliphatic rings. The first-order chi connectivity index (χ1) is 12.7. The van der Waals surface area contributed by atoms with Crippen LogP contribution in [0.4, 0.5) is 0 Å². The van der Waals surface area contributed by atoms with Gasteiger partial charge in [0, 0.05) is 13.1 Å². The minimum absolute atomic E-state index is 0.145. The van der Waals surface area contributed by atoms with Gasteiger partial charge in [0.25, 0.3) is 0 Å². The Hall–Kier alpha value is -2.33. The van der Waals surface area contributed by atoms with Crippen LogP contribution in [0.2, 0.25) is 0 Å². The van der Waals surface area contributed by atoms with E-state index >= 15 is 0 Å². The second-order valence-corrected chi connectivity index (χ2v) is 6.46. The molecule has 0 atom stereocenters. The van der Waals surface area contributed by atoms with Crippen LogP contribution in [0.3, 0.4) is 0 Å². The number of hydrogen-bond acceptors (Lipinski definition) is 3. The molecule has 0 saturated carbocycles. The van der Waals surface area contributed by atoms with Gasteiger partial charge in [-0.25, -0.2) is 0 Å². The van der Waals surface area contributed by atoms with Crippen LogP contribution in [-0.4, -0.2) is 24.2 Å². The van der Waals surface area contributed by atoms with Crippen LogP contribution >= 0.6 is 0 Å². The maximum atomic E-state index is 10.4. The summed E-state index contributed by atoms with van der Waals surface area (Å²) in [5.74, 6) is 0.116. The van der Waals surface area contributed by atoms with Crippen molar-refractivity contribution in [3.63, 3.8) is 0 Å². The van der Waals surface area contributed by atoms with Crippen molar-refractivity contribution >= 4 is 5.97 Å². The molecule has 4 nitrogen and oxygen atoms in total. The van der Waals surface area contributed by atoms with Crippen molar-refractivity contribution in [2.75, 3.05) is 13.2 Å². The first-order valence-electron chi connectivity index (χ1n) is 9.42. The summed E-state index contributed by atoms with van der Waals surface area (Å²) in [6, 6.07) is 18.6. The Balaban J connectivity index is 1.50. The third kappa shape index (κ3) is 8.67. The lowest BCUT2D eigenvalue weighted by Crippen LogP contribution is -2.17. The van der Waals surface area contributed by atoms with E-state index in [-0.39, 0.29) is 6.42 Å². The highest BCUT2D eigenvalue weighted by Crippen LogP contribution is 2.13. The quantitative estimate of drug-likeness (QED) is 0.522. The lowest BCUT2D eigenvalue weighted by atomic mass is 10.1. The molecule has 0 bridgehead atoms. The Labute approximate surface area is 156 Å². The lowest BCUT2D eigenvalue weighted by molar-refractivity contribution is -0.136. The topological polar surface area (TPSA) is 58.6 Å². The Bertz CT molecular complexity index is 626. The van der Waals surface area contributed by atoms with Gasteiger partial charge in [0.2, 0.25) is 0 Å². The highest BCUT2D eigenvalue weighted by Gasteiger charge is 1.99. The summed E-state index contributed by atoms with van der Waals surface area (Å²) in [5, 5.41) is 11.7. The molecule has 2 aromatic rings. The van der Waals surface area contributed by atoms with Crippen LogP contribution in [0.15, 0.2) is 54.6 Å². The Morgan fingerprint density at radius 3 is 2.35 bits per heavy atom. The molecule has 0 amide bonds. The van der Waals surface area contributed by atoms with Crippen LogP contribution in [0.5, 0.6) is 5.75 Å². The van der Waals surface area contributed by atoms with E-state index in [0.717, 1.165) is 30.8 Å². The number of carboxylic acid groups (broad SMARTS) is 1. The van der Waals surface area contributed by atoms with Crippen molar-refractivity contribution in [3.8, 4) is 5.75 Å². The van der Waals surface area contributed by atoms with Gasteiger partial charge in [0.05, 0.1) is 13.0 Å². The number of carboxylic acids is 1. The molecule has 0 spiro atoms. The van der Waals surface area contributed by atoms with Crippen LogP contribution < -0.4 is 10.1 Å². The molecular formula is C22H29NO3. The molecule has 0 aliphatic heterocycles. The second kappa shape index (κ2) is 12.1. The second-order valence-electron chi connectivity index (χ2n) is 6.46. The third-order valence-corrected chi connectivity index (χ3v) is 4.24. The average Bonchev–Trinajstić information content (AvgIpc) is 2.66. The summed E-state index contributed by atoms with van der Waals surface area (Å²) in [6.45, 7) is 1.91. The van der Waals surface area contributed by atoms with Gasteiger partial charge in [0.15, 0.2) is 0 Å². The number of benzene rings is 2. The number of rotatable bonds is 13. The summed E-state index contributed by atoms with van der Waals surface area (Å²) in [5.41, 5.74) is 2.55. The predicted molar refractivity (Wildman–Crippen MR) is 105 cm³/mol. The SMILES string of the molecule is O=C(O)CCNCc1ccc(OCCCCCCc2ccccc2)cc1. The molecule has 140 valence electrons. The smallest absolute Gasteiger partial charge is 0.304 e. The number of hydrogen-bond donors (Lipinski definition) is 2. The van der Waals surface area contributed by atoms with E-state index < -0.39 is 5.97 Å². The molecule has 0 fully saturated rings. The standard InChI is InChI=1S/C22H29NO3/c24-22(25)15-16-23-18-20-11-13-21(14-12-20)26-17-7-2-1-4-8-19-9-5-3-6-10-19/h3,5-6,9-14,23H,1-2,4,7-8,15-18H2,(H,24,25). The maximum Gasteiger partial charge on any atom is 0.304 e. The molecule has 2 N–H and O–H groups in total. The number of unbranched alkanes of at least 4 members (excludes halogenated alkanes) is 3. The molecule has 26 heavy (non-hydrogen) atoms. The average molecular weight is 355 g/mol. The monoisotopic (exact) mass is 355 g/mol. The number of aryl methyl sites for hydroxylation is 1. The number of nitrogens with one attached hydrogen (secondary N) is 1. The van der Waals surface area contributed by atoms with Gasteiger partial charge in [-0.3, -0.25) is 4.79 Å². The van der Waals surface area contributed by atoms with Crippen molar-refractivity contribution in [1.29, 1.82) is 0 Å². The van der Waals surface area contributed by atoms with Gasteiger partial charge in [-0.05, 0) is 42.5 Å². The fourth-order valence-electron chi connectivity index (χ4n) is 2.75. The molecular weight excluding hydrogens is 326 g/mol. The molecule has 0 radical (unpaired) electrons. The highest BCUT2D eigenvalue weighted by molar-refractivity contribution is 5.66. The zero-order valence-electron chi connectivity index (χ0n) is 15.3. The Morgan fingerprint density at radius 2 is 1.62 bits per heavy atom. The van der Waals surface area contributed by atoms with E-state index in [9.17, 15) is 4.79 Å². The van der Waals surface area contributed by atoms with Gasteiger partial charge in [0.1, 0.15) is 5.75 Å². The van der Waals surface area contributed by atoms with Crippen LogP contribution in [0.1, 0.15) is 43.2 Å². The minimum Gasteiger partial charge on any atom is -0.494 e. The summed E-state index contributed by atoms with van der Waals surface area (Å²) >= 11 is 0. The molecule has 2 aromatic carbocycles. The maximum absolute atomic E-state index is 10.4. The lowest BCUT2D eigenvalue weighted by Gasteiger charge is -2.08. The van der Waals surface area contributed by atoms with Gasteiger partial charge < -0.3 is 15.2 Å². The Morgan fingerprint density at radius 1 is 0.885 bits per heavy atom. The van der Waals surface area contributed by atoms with E-state index in [2.05, 4.69) is 35.6 Å². The normalized spacial score (nSPS) is 10.6. The molecule has 0 saturated heterocycles. The minimum atomic E-state index is -0.777. The van der Waals surface area contributed by atoms with Crippen LogP contribution in [0.25, 0.3) is 0 Å². The van der Waals surface area contributed by atoms with Gasteiger partial charge in [-0.1, -0.05) is 55.3 Å². The molecule has 0 aromatic heterocycles. The van der Waals surface area contributed by atoms with Gasteiger partial charge in [-0.15, -0.1) is 0 Å². The first kappa shape index (κ1) is 20.0. The summed E-state index contributed by atoms with van der Waals surface area (Å²) < 4.78 is 5.78. The van der Waals surface area contributed by atoms with Crippen LogP contribution in [0, 0.1) is 0 Å². The summed E-state index contributed by atoms with van der Waals surface area (Å²) in [6.07, 6.45) is 6.04. The van der Waals surface area contributed by atoms with Crippen molar-refractivity contribution < 1.29 is 14.6 Å². The molecule has 0 heterocycles. The summed E-state index contributed by atoms with van der Waals surface area (Å²) in [4.78, 5) is 10.4. The molecule has 0 unspecified atom stereocenters. The third-order valence-electron chi connectivity index (χ3n) is 4.24. The number of ether oxygens (including phenoxy) is 1. The Kier molecular flexibility index (Phi) is 9.30. The van der Waals surface area contributed by atoms with E-state index in [0.29, 0.717) is 13.1 Å². The highest BCUT2D eigenvalue weighted by atomic mass is 16.5. The van der Waals surface area contributed by atoms with E-state index in [4.69, 9.17) is 9.84 Å². The van der Waals surface area contributed by atoms with Crippen molar-refractivity contribution in [2.45, 2.75) is 45.1 Å². The molecule has 4 heteroatoms. The van der Waals surface area contributed by atoms with E-state index in [1.807, 2.05) is 24.3 Å². The first-order valence-corrected chi connectivity index (χ1v) is 9.42. The predicted octanol–water partition coefficient (Wildman–Crippen LogP) is 4.43. The van der Waals surface area contributed by atoms with Gasteiger partial charge >= 0.3 is 5.97 Å². The van der Waals surface area contributed by atoms with Crippen molar-refractivity contribution in [3.05, 3.63) is 65.7 Å². The van der Waals surface area contributed by atoms with Crippen molar-refractivity contribution in [1.82, 2.24) is 5.32 Å². The largest absolute Gasteiger partial charge is 0.494 e. The van der Waals surface area contributed by atoms with Gasteiger partial charge in [-0.2, -0.15) is 0 Å². The molecule has 2 rings (SSSR count). The van der Waals surface area contributed by atoms with Crippen LogP contribution in [-0.2, 0) is 17.8 Å². The van der Waals surface area contributed by atoms with Crippen molar-refractivity contribution in [2.24, 2.45) is 0 Å². The summed E-state index contributed by atoms with van der Waals surface area (Å²) in [7, 11) is 0. The van der Waals surface area contributed by atoms with E-state index in [1.54, 1.807) is 0 Å².